The van der Waals surface area contributed by atoms with Crippen LogP contribution in [0.2, 0.25) is 0 Å². The summed E-state index contributed by atoms with van der Waals surface area (Å²) in [6, 6.07) is 0. The normalized spacial score (nSPS) is 10.7. The molecular weight excluding hydrogens is 350 g/mol. The lowest BCUT2D eigenvalue weighted by Crippen LogP contribution is -2.24. The minimum atomic E-state index is -0.0306. The minimum absolute atomic E-state index is 0.0306. The number of thioether (sulfide) groups is 1. The van der Waals surface area contributed by atoms with Crippen LogP contribution in [0.3, 0.4) is 0 Å². The predicted octanol–water partition coefficient (Wildman–Crippen LogP) is 2.77. The van der Waals surface area contributed by atoms with E-state index in [1.807, 2.05) is 17.7 Å². The number of nitrogens with one attached hydrogen (secondary N) is 1. The van der Waals surface area contributed by atoms with Crippen LogP contribution in [0.1, 0.15) is 11.4 Å². The van der Waals surface area contributed by atoms with E-state index in [0.29, 0.717) is 12.3 Å². The second-order valence-electron chi connectivity index (χ2n) is 4.55. The molecule has 0 aliphatic carbocycles. The lowest BCUT2D eigenvalue weighted by molar-refractivity contribution is -0.118. The molecule has 0 spiro atoms. The highest BCUT2D eigenvalue weighted by Gasteiger charge is 2.09. The van der Waals surface area contributed by atoms with E-state index in [4.69, 9.17) is 0 Å². The third kappa shape index (κ3) is 4.57. The van der Waals surface area contributed by atoms with Crippen molar-refractivity contribution in [2.75, 3.05) is 5.75 Å². The Morgan fingerprint density at radius 1 is 1.26 bits per heavy atom. The molecule has 3 rings (SSSR count). The third-order valence-electron chi connectivity index (χ3n) is 2.73. The summed E-state index contributed by atoms with van der Waals surface area (Å²) in [5.74, 6) is 0.325. The van der Waals surface area contributed by atoms with Gasteiger partial charge in [-0.05, 0) is 6.92 Å². The summed E-state index contributed by atoms with van der Waals surface area (Å²) in [7, 11) is 0. The average molecular weight is 363 g/mol. The van der Waals surface area contributed by atoms with Gasteiger partial charge < -0.3 is 5.32 Å². The van der Waals surface area contributed by atoms with Crippen LogP contribution in [-0.2, 0) is 11.3 Å². The second kappa shape index (κ2) is 7.62. The maximum atomic E-state index is 11.9. The quantitative estimate of drug-likeness (QED) is 0.678. The van der Waals surface area contributed by atoms with Crippen molar-refractivity contribution in [1.29, 1.82) is 0 Å². The standard InChI is InChI=1S/C14H13N5OS3/c1-9-6-22-14(18-9)23-8-12(20)17-4-10-7-21-13(19-10)11-5-15-2-3-16-11/h2-3,5-7H,4,8H2,1H3,(H,17,20). The number of aromatic nitrogens is 4. The Labute approximate surface area is 145 Å². The van der Waals surface area contributed by atoms with Crippen molar-refractivity contribution in [3.63, 3.8) is 0 Å². The van der Waals surface area contributed by atoms with E-state index >= 15 is 0 Å². The fourth-order valence-corrected chi connectivity index (χ4v) is 4.14. The van der Waals surface area contributed by atoms with Crippen LogP contribution in [0, 0.1) is 6.92 Å². The van der Waals surface area contributed by atoms with Crippen molar-refractivity contribution in [2.45, 2.75) is 17.8 Å². The van der Waals surface area contributed by atoms with E-state index in [0.717, 1.165) is 26.4 Å². The molecule has 9 heteroatoms. The molecule has 0 aliphatic heterocycles. The number of hydrogen-bond donors (Lipinski definition) is 1. The van der Waals surface area contributed by atoms with Crippen LogP contribution in [0.15, 0.2) is 33.7 Å². The Kier molecular flexibility index (Phi) is 5.31. The highest BCUT2D eigenvalue weighted by Crippen LogP contribution is 2.22. The van der Waals surface area contributed by atoms with Crippen molar-refractivity contribution >= 4 is 40.3 Å². The molecule has 118 valence electrons. The van der Waals surface area contributed by atoms with Gasteiger partial charge in [-0.1, -0.05) is 11.8 Å². The molecule has 23 heavy (non-hydrogen) atoms. The summed E-state index contributed by atoms with van der Waals surface area (Å²) in [6.45, 7) is 2.35. The topological polar surface area (TPSA) is 80.7 Å². The van der Waals surface area contributed by atoms with Gasteiger partial charge in [-0.3, -0.25) is 14.8 Å². The third-order valence-corrected chi connectivity index (χ3v) is 5.78. The fraction of sp³-hybridized carbons (Fsp3) is 0.214. The first kappa shape index (κ1) is 16.0. The molecule has 3 aromatic heterocycles. The molecule has 0 atom stereocenters. The van der Waals surface area contributed by atoms with Crippen molar-refractivity contribution in [2.24, 2.45) is 0 Å². The number of nitrogens with zero attached hydrogens (tertiary/aromatic N) is 4. The van der Waals surface area contributed by atoms with Crippen molar-refractivity contribution < 1.29 is 4.79 Å². The summed E-state index contributed by atoms with van der Waals surface area (Å²) >= 11 is 4.49. The molecule has 0 saturated carbocycles. The Hall–Kier alpha value is -1.84. The number of thiazole rings is 2. The summed E-state index contributed by atoms with van der Waals surface area (Å²) in [5.41, 5.74) is 2.54. The van der Waals surface area contributed by atoms with E-state index < -0.39 is 0 Å². The first-order chi connectivity index (χ1) is 11.2. The van der Waals surface area contributed by atoms with Crippen LogP contribution in [-0.4, -0.2) is 31.6 Å². The second-order valence-corrected chi connectivity index (χ2v) is 7.49. The summed E-state index contributed by atoms with van der Waals surface area (Å²) in [6.07, 6.45) is 4.93. The van der Waals surface area contributed by atoms with E-state index in [-0.39, 0.29) is 5.91 Å². The molecule has 3 aromatic rings. The van der Waals surface area contributed by atoms with Gasteiger partial charge in [0.25, 0.3) is 0 Å². The lowest BCUT2D eigenvalue weighted by atomic mass is 10.4. The molecule has 0 unspecified atom stereocenters. The zero-order valence-electron chi connectivity index (χ0n) is 12.2. The Morgan fingerprint density at radius 2 is 2.17 bits per heavy atom. The van der Waals surface area contributed by atoms with E-state index in [9.17, 15) is 4.79 Å². The zero-order valence-corrected chi connectivity index (χ0v) is 14.7. The van der Waals surface area contributed by atoms with Gasteiger partial charge in [-0.15, -0.1) is 22.7 Å². The maximum Gasteiger partial charge on any atom is 0.230 e. The molecule has 0 fully saturated rings. The number of carbonyl (C=O) groups excluding carboxylic acids is 1. The molecular formula is C14H13N5OS3. The summed E-state index contributed by atoms with van der Waals surface area (Å²) in [4.78, 5) is 28.9. The molecule has 6 nitrogen and oxygen atoms in total. The van der Waals surface area contributed by atoms with Gasteiger partial charge in [0.1, 0.15) is 10.7 Å². The predicted molar refractivity (Wildman–Crippen MR) is 92.6 cm³/mol. The first-order valence-electron chi connectivity index (χ1n) is 6.73. The smallest absolute Gasteiger partial charge is 0.230 e. The van der Waals surface area contributed by atoms with Gasteiger partial charge in [-0.2, -0.15) is 0 Å². The molecule has 0 saturated heterocycles. The summed E-state index contributed by atoms with van der Waals surface area (Å²) < 4.78 is 0.913. The molecule has 1 N–H and O–H groups in total. The highest BCUT2D eigenvalue weighted by molar-refractivity contribution is 8.01. The van der Waals surface area contributed by atoms with Crippen LogP contribution in [0.4, 0.5) is 0 Å². The van der Waals surface area contributed by atoms with Crippen molar-refractivity contribution in [1.82, 2.24) is 25.3 Å². The zero-order chi connectivity index (χ0) is 16.1. The Bertz CT molecular complexity index is 787. The number of carbonyl (C=O) groups is 1. The molecule has 0 bridgehead atoms. The van der Waals surface area contributed by atoms with E-state index in [1.54, 1.807) is 29.9 Å². The number of hydrogen-bond acceptors (Lipinski definition) is 8. The molecule has 0 aromatic carbocycles. The van der Waals surface area contributed by atoms with Crippen LogP contribution in [0.25, 0.3) is 10.7 Å². The van der Waals surface area contributed by atoms with E-state index in [2.05, 4.69) is 25.3 Å². The van der Waals surface area contributed by atoms with Gasteiger partial charge in [0.2, 0.25) is 5.91 Å². The maximum absolute atomic E-state index is 11.9. The van der Waals surface area contributed by atoms with Crippen LogP contribution in [0.5, 0.6) is 0 Å². The van der Waals surface area contributed by atoms with Crippen LogP contribution >= 0.6 is 34.4 Å². The van der Waals surface area contributed by atoms with Gasteiger partial charge in [0, 0.05) is 28.8 Å². The monoisotopic (exact) mass is 363 g/mol. The molecule has 1 amide bonds. The van der Waals surface area contributed by atoms with E-state index in [1.165, 1.54) is 23.1 Å². The highest BCUT2D eigenvalue weighted by atomic mass is 32.2. The number of rotatable bonds is 6. The summed E-state index contributed by atoms with van der Waals surface area (Å²) in [5, 5.41) is 7.56. The number of amides is 1. The van der Waals surface area contributed by atoms with Crippen LogP contribution < -0.4 is 5.32 Å². The molecule has 3 heterocycles. The van der Waals surface area contributed by atoms with Crippen molar-refractivity contribution in [3.05, 3.63) is 40.7 Å². The Balaban J connectivity index is 1.48. The SMILES string of the molecule is Cc1csc(SCC(=O)NCc2csc(-c3cnccn3)n2)n1. The first-order valence-corrected chi connectivity index (χ1v) is 9.47. The van der Waals surface area contributed by atoms with Gasteiger partial charge in [-0.25, -0.2) is 9.97 Å². The number of aryl methyl sites for hydroxylation is 1. The largest absolute Gasteiger partial charge is 0.350 e. The van der Waals surface area contributed by atoms with Crippen molar-refractivity contribution in [3.8, 4) is 10.7 Å². The lowest BCUT2D eigenvalue weighted by Gasteiger charge is -2.01. The average Bonchev–Trinajstić information content (AvgIpc) is 3.21. The Morgan fingerprint density at radius 3 is 2.91 bits per heavy atom. The fourth-order valence-electron chi connectivity index (χ4n) is 1.68. The van der Waals surface area contributed by atoms with Gasteiger partial charge in [0.15, 0.2) is 4.34 Å². The van der Waals surface area contributed by atoms with Gasteiger partial charge in [0.05, 0.1) is 24.2 Å². The molecule has 0 radical (unpaired) electrons. The van der Waals surface area contributed by atoms with Gasteiger partial charge >= 0.3 is 0 Å². The minimum Gasteiger partial charge on any atom is -0.350 e. The molecule has 0 aliphatic rings.